The van der Waals surface area contributed by atoms with E-state index in [1.807, 2.05) is 12.1 Å². The fourth-order valence-electron chi connectivity index (χ4n) is 5.52. The molecule has 2 aliphatic rings. The largest absolute Gasteiger partial charge is 0.334 e. The Morgan fingerprint density at radius 2 is 1.80 bits per heavy atom. The fraction of sp³-hybridized carbons (Fsp3) is 0.300. The van der Waals surface area contributed by atoms with Crippen LogP contribution in [0.5, 0.6) is 0 Å². The van der Waals surface area contributed by atoms with Crippen LogP contribution in [0.1, 0.15) is 48.4 Å². The van der Waals surface area contributed by atoms with Crippen LogP contribution >= 0.6 is 0 Å². The summed E-state index contributed by atoms with van der Waals surface area (Å²) in [5, 5.41) is 8.07. The normalized spacial score (nSPS) is 21.2. The van der Waals surface area contributed by atoms with Gasteiger partial charge in [-0.3, -0.25) is 0 Å². The zero-order valence-electron chi connectivity index (χ0n) is 19.9. The maximum absolute atomic E-state index is 10.9. The summed E-state index contributed by atoms with van der Waals surface area (Å²) in [5.74, 6) is 1.40. The topological polar surface area (TPSA) is 68.0 Å². The number of hydrogen-bond acceptors (Lipinski definition) is 5. The standard InChI is InChI=1S/C30H29N3O2/c1-19-14-24(11-12-26(19)21-6-3-2-4-7-21)30-32-29(33-35-30)23-10-13-27-22(17-23)8-5-9-28(27)31-25-15-20(16-25)18-34/h2-4,6-7,10-14,17-18,20,25,28,31H,5,8-9,15-16H2,1H3/t20-,25-,28-/m0/s1. The molecule has 35 heavy (non-hydrogen) atoms. The molecule has 4 aromatic rings. The lowest BCUT2D eigenvalue weighted by Gasteiger charge is -2.37. The van der Waals surface area contributed by atoms with Gasteiger partial charge in [0.05, 0.1) is 0 Å². The number of nitrogens with one attached hydrogen (secondary N) is 1. The molecule has 0 radical (unpaired) electrons. The van der Waals surface area contributed by atoms with Crippen molar-refractivity contribution in [2.24, 2.45) is 5.92 Å². The second-order valence-electron chi connectivity index (χ2n) is 9.91. The summed E-state index contributed by atoms with van der Waals surface area (Å²) in [6.45, 7) is 2.11. The van der Waals surface area contributed by atoms with Crippen molar-refractivity contribution in [1.29, 1.82) is 0 Å². The first-order valence-electron chi connectivity index (χ1n) is 12.5. The summed E-state index contributed by atoms with van der Waals surface area (Å²) in [6, 6.07) is 24.0. The van der Waals surface area contributed by atoms with E-state index in [0.29, 0.717) is 23.8 Å². The third kappa shape index (κ3) is 4.32. The van der Waals surface area contributed by atoms with Crippen LogP contribution in [0.2, 0.25) is 0 Å². The Labute approximate surface area is 205 Å². The fourth-order valence-corrected chi connectivity index (χ4v) is 5.52. The first-order valence-corrected chi connectivity index (χ1v) is 12.5. The van der Waals surface area contributed by atoms with Crippen LogP contribution in [0.3, 0.4) is 0 Å². The number of fused-ring (bicyclic) bond motifs is 1. The van der Waals surface area contributed by atoms with Gasteiger partial charge in [0.15, 0.2) is 0 Å². The number of carbonyl (C=O) groups is 1. The quantitative estimate of drug-likeness (QED) is 0.339. The highest BCUT2D eigenvalue weighted by molar-refractivity contribution is 5.71. The van der Waals surface area contributed by atoms with E-state index in [1.165, 1.54) is 27.8 Å². The second kappa shape index (κ2) is 9.23. The molecule has 0 saturated heterocycles. The SMILES string of the molecule is Cc1cc(-c2nc(-c3ccc4c(c3)CCC[C@@H]4N[C@H]3C[C@H](C=O)C3)no2)ccc1-c1ccccc1. The highest BCUT2D eigenvalue weighted by Crippen LogP contribution is 2.36. The van der Waals surface area contributed by atoms with Gasteiger partial charge in [-0.2, -0.15) is 4.98 Å². The lowest BCUT2D eigenvalue weighted by Crippen LogP contribution is -2.44. The molecule has 176 valence electrons. The average Bonchev–Trinajstić information content (AvgIpc) is 3.36. The molecule has 1 fully saturated rings. The number of benzene rings is 3. The summed E-state index contributed by atoms with van der Waals surface area (Å²) in [6.07, 6.45) is 6.38. The van der Waals surface area contributed by atoms with Crippen molar-refractivity contribution in [3.05, 3.63) is 83.4 Å². The number of aromatic nitrogens is 2. The highest BCUT2D eigenvalue weighted by atomic mass is 16.5. The van der Waals surface area contributed by atoms with Crippen LogP contribution in [-0.4, -0.2) is 22.5 Å². The summed E-state index contributed by atoms with van der Waals surface area (Å²) in [4.78, 5) is 15.7. The zero-order valence-corrected chi connectivity index (χ0v) is 19.9. The van der Waals surface area contributed by atoms with Crippen molar-refractivity contribution >= 4 is 6.29 Å². The Hall–Kier alpha value is -3.57. The third-order valence-corrected chi connectivity index (χ3v) is 7.50. The predicted octanol–water partition coefficient (Wildman–Crippen LogP) is 6.32. The molecule has 5 heteroatoms. The lowest BCUT2D eigenvalue weighted by atomic mass is 9.79. The van der Waals surface area contributed by atoms with Crippen molar-refractivity contribution in [2.75, 3.05) is 0 Å². The van der Waals surface area contributed by atoms with E-state index >= 15 is 0 Å². The molecule has 1 atom stereocenters. The summed E-state index contributed by atoms with van der Waals surface area (Å²) in [7, 11) is 0. The zero-order chi connectivity index (χ0) is 23.8. The van der Waals surface area contributed by atoms with Crippen molar-refractivity contribution in [2.45, 2.75) is 51.1 Å². The monoisotopic (exact) mass is 463 g/mol. The molecule has 0 spiro atoms. The molecule has 6 rings (SSSR count). The van der Waals surface area contributed by atoms with Gasteiger partial charge in [0.25, 0.3) is 5.89 Å². The predicted molar refractivity (Wildman–Crippen MR) is 137 cm³/mol. The molecule has 1 saturated carbocycles. The van der Waals surface area contributed by atoms with E-state index in [1.54, 1.807) is 0 Å². The van der Waals surface area contributed by atoms with Gasteiger partial charge < -0.3 is 14.6 Å². The molecule has 1 N–H and O–H groups in total. The molecule has 0 aliphatic heterocycles. The summed E-state index contributed by atoms with van der Waals surface area (Å²) < 4.78 is 5.66. The number of hydrogen-bond donors (Lipinski definition) is 1. The highest BCUT2D eigenvalue weighted by Gasteiger charge is 2.32. The van der Waals surface area contributed by atoms with Gasteiger partial charge in [0.1, 0.15) is 6.29 Å². The lowest BCUT2D eigenvalue weighted by molar-refractivity contribution is -0.113. The average molecular weight is 464 g/mol. The minimum absolute atomic E-state index is 0.240. The Kier molecular flexibility index (Phi) is 5.78. The van der Waals surface area contributed by atoms with Crippen molar-refractivity contribution in [3.63, 3.8) is 0 Å². The maximum atomic E-state index is 10.9. The molecule has 0 unspecified atom stereocenters. The van der Waals surface area contributed by atoms with Gasteiger partial charge in [-0.1, -0.05) is 53.7 Å². The van der Waals surface area contributed by atoms with E-state index in [0.717, 1.165) is 49.5 Å². The van der Waals surface area contributed by atoms with Crippen LogP contribution in [0.4, 0.5) is 0 Å². The Morgan fingerprint density at radius 3 is 2.60 bits per heavy atom. The number of nitrogens with zero attached hydrogens (tertiary/aromatic N) is 2. The van der Waals surface area contributed by atoms with Gasteiger partial charge in [0.2, 0.25) is 5.82 Å². The third-order valence-electron chi connectivity index (χ3n) is 7.50. The van der Waals surface area contributed by atoms with E-state index in [2.05, 4.69) is 72.0 Å². The Morgan fingerprint density at radius 1 is 0.971 bits per heavy atom. The molecular formula is C30H29N3O2. The van der Waals surface area contributed by atoms with Crippen molar-refractivity contribution in [3.8, 4) is 34.0 Å². The van der Waals surface area contributed by atoms with E-state index in [9.17, 15) is 4.79 Å². The summed E-state index contributed by atoms with van der Waals surface area (Å²) in [5.41, 5.74) is 8.21. The molecule has 2 aliphatic carbocycles. The first-order chi connectivity index (χ1) is 17.2. The van der Waals surface area contributed by atoms with Crippen LogP contribution in [0.25, 0.3) is 34.0 Å². The Bertz CT molecular complexity index is 1360. The van der Waals surface area contributed by atoms with Crippen molar-refractivity contribution < 1.29 is 9.32 Å². The van der Waals surface area contributed by atoms with Crippen LogP contribution in [0, 0.1) is 12.8 Å². The molecule has 0 amide bonds. The molecular weight excluding hydrogens is 434 g/mol. The number of rotatable bonds is 6. The molecule has 1 aromatic heterocycles. The smallest absolute Gasteiger partial charge is 0.258 e. The van der Waals surface area contributed by atoms with Gasteiger partial charge in [-0.15, -0.1) is 0 Å². The number of aldehydes is 1. The molecule has 3 aromatic carbocycles. The van der Waals surface area contributed by atoms with E-state index in [-0.39, 0.29) is 5.92 Å². The molecule has 0 bridgehead atoms. The first kappa shape index (κ1) is 21.9. The molecule has 5 nitrogen and oxygen atoms in total. The van der Waals surface area contributed by atoms with Gasteiger partial charge >= 0.3 is 0 Å². The van der Waals surface area contributed by atoms with E-state index < -0.39 is 0 Å². The van der Waals surface area contributed by atoms with Crippen LogP contribution < -0.4 is 5.32 Å². The minimum Gasteiger partial charge on any atom is -0.334 e. The maximum Gasteiger partial charge on any atom is 0.258 e. The van der Waals surface area contributed by atoms with Gasteiger partial charge in [-0.25, -0.2) is 0 Å². The van der Waals surface area contributed by atoms with E-state index in [4.69, 9.17) is 9.51 Å². The number of carbonyl (C=O) groups excluding carboxylic acids is 1. The number of aryl methyl sites for hydroxylation is 2. The minimum atomic E-state index is 0.240. The van der Waals surface area contributed by atoms with Crippen LogP contribution in [-0.2, 0) is 11.2 Å². The summed E-state index contributed by atoms with van der Waals surface area (Å²) >= 11 is 0. The Balaban J connectivity index is 1.21. The van der Waals surface area contributed by atoms with Crippen molar-refractivity contribution in [1.82, 2.24) is 15.5 Å². The van der Waals surface area contributed by atoms with Gasteiger partial charge in [-0.05, 0) is 85.0 Å². The second-order valence-corrected chi connectivity index (χ2v) is 9.91. The van der Waals surface area contributed by atoms with Gasteiger partial charge in [0, 0.05) is 29.1 Å². The van der Waals surface area contributed by atoms with Crippen LogP contribution in [0.15, 0.2) is 71.3 Å². The molecule has 1 heterocycles.